The third-order valence-corrected chi connectivity index (χ3v) is 5.67. The van der Waals surface area contributed by atoms with Crippen LogP contribution < -0.4 is 16.1 Å². The summed E-state index contributed by atoms with van der Waals surface area (Å²) in [6, 6.07) is 0.896. The first-order chi connectivity index (χ1) is 13.9. The maximum absolute atomic E-state index is 15.1. The molecule has 2 unspecified atom stereocenters. The molecule has 9 nitrogen and oxygen atoms in total. The molecule has 3 N–H and O–H groups in total. The lowest BCUT2D eigenvalue weighted by atomic mass is 10.0. The lowest BCUT2D eigenvalue weighted by Gasteiger charge is -2.26. The third-order valence-electron chi connectivity index (χ3n) is 5.67. The summed E-state index contributed by atoms with van der Waals surface area (Å²) in [6.45, 7) is 2.50. The number of aromatic nitrogens is 2. The van der Waals surface area contributed by atoms with E-state index >= 15 is 4.39 Å². The average Bonchev–Trinajstić information content (AvgIpc) is 3.47. The van der Waals surface area contributed by atoms with Gasteiger partial charge < -0.3 is 25.1 Å². The Morgan fingerprint density at radius 2 is 2.21 bits per heavy atom. The molecule has 3 heterocycles. The molecule has 1 aliphatic heterocycles. The normalized spacial score (nSPS) is 23.2. The Morgan fingerprint density at radius 3 is 2.79 bits per heavy atom. The molecule has 1 saturated heterocycles. The SMILES string of the molecule is CON=C1CN(c2nc3c(cc2F)c(=O)c(C(=O)O)cn3C2CC2)C(CN)C1C. The molecule has 154 valence electrons. The van der Waals surface area contributed by atoms with Crippen LogP contribution in [-0.2, 0) is 4.84 Å². The smallest absolute Gasteiger partial charge is 0.341 e. The topological polar surface area (TPSA) is 123 Å². The Balaban J connectivity index is 1.91. The second kappa shape index (κ2) is 7.11. The second-order valence-electron chi connectivity index (χ2n) is 7.47. The van der Waals surface area contributed by atoms with Gasteiger partial charge in [-0.05, 0) is 18.9 Å². The Bertz CT molecular complexity index is 1080. The fraction of sp³-hybridized carbons (Fsp3) is 0.474. The first-order valence-corrected chi connectivity index (χ1v) is 9.42. The Kier molecular flexibility index (Phi) is 4.73. The van der Waals surface area contributed by atoms with Crippen LogP contribution in [0.3, 0.4) is 0 Å². The highest BCUT2D eigenvalue weighted by Crippen LogP contribution is 2.37. The van der Waals surface area contributed by atoms with Gasteiger partial charge in [-0.15, -0.1) is 0 Å². The van der Waals surface area contributed by atoms with Gasteiger partial charge in [-0.2, -0.15) is 0 Å². The third kappa shape index (κ3) is 3.13. The number of hydrogen-bond donors (Lipinski definition) is 2. The van der Waals surface area contributed by atoms with Crippen molar-refractivity contribution in [1.29, 1.82) is 0 Å². The van der Waals surface area contributed by atoms with Crippen molar-refractivity contribution in [2.75, 3.05) is 25.1 Å². The predicted molar refractivity (Wildman–Crippen MR) is 105 cm³/mol. The summed E-state index contributed by atoms with van der Waals surface area (Å²) in [5.74, 6) is -2.04. The Hall–Kier alpha value is -3.01. The number of pyridine rings is 2. The number of nitrogens with two attached hydrogens (primary N) is 1. The molecular weight excluding hydrogens is 381 g/mol. The zero-order chi connectivity index (χ0) is 20.9. The fourth-order valence-electron chi connectivity index (χ4n) is 3.94. The Morgan fingerprint density at radius 1 is 1.48 bits per heavy atom. The van der Waals surface area contributed by atoms with E-state index in [0.29, 0.717) is 6.54 Å². The van der Waals surface area contributed by atoms with E-state index in [1.54, 1.807) is 9.47 Å². The lowest BCUT2D eigenvalue weighted by molar-refractivity contribution is 0.0695. The number of anilines is 1. The van der Waals surface area contributed by atoms with Gasteiger partial charge in [0, 0.05) is 24.7 Å². The number of hydrogen-bond acceptors (Lipinski definition) is 7. The maximum Gasteiger partial charge on any atom is 0.341 e. The molecule has 2 fully saturated rings. The molecule has 0 aromatic carbocycles. The molecule has 29 heavy (non-hydrogen) atoms. The van der Waals surface area contributed by atoms with Crippen molar-refractivity contribution in [3.8, 4) is 0 Å². The summed E-state index contributed by atoms with van der Waals surface area (Å²) in [4.78, 5) is 35.1. The van der Waals surface area contributed by atoms with E-state index < -0.39 is 17.2 Å². The van der Waals surface area contributed by atoms with Gasteiger partial charge in [0.15, 0.2) is 11.6 Å². The van der Waals surface area contributed by atoms with Gasteiger partial charge in [0.2, 0.25) is 5.43 Å². The van der Waals surface area contributed by atoms with Gasteiger partial charge in [0.1, 0.15) is 18.3 Å². The van der Waals surface area contributed by atoms with Crippen molar-refractivity contribution in [3.05, 3.63) is 33.9 Å². The molecule has 1 saturated carbocycles. The van der Waals surface area contributed by atoms with E-state index in [0.717, 1.165) is 24.6 Å². The molecular formula is C19H22FN5O4. The van der Waals surface area contributed by atoms with Crippen LogP contribution in [0, 0.1) is 11.7 Å². The van der Waals surface area contributed by atoms with Crippen LogP contribution in [0.1, 0.15) is 36.2 Å². The van der Waals surface area contributed by atoms with Crippen LogP contribution in [-0.4, -0.2) is 52.6 Å². The molecule has 2 aliphatic rings. The number of carbonyl (C=O) groups is 1. The summed E-state index contributed by atoms with van der Waals surface area (Å²) in [6.07, 6.45) is 3.01. The van der Waals surface area contributed by atoms with Crippen LogP contribution in [0.5, 0.6) is 0 Å². The van der Waals surface area contributed by atoms with E-state index in [1.165, 1.54) is 13.3 Å². The molecule has 2 aromatic rings. The highest BCUT2D eigenvalue weighted by atomic mass is 19.1. The van der Waals surface area contributed by atoms with Gasteiger partial charge in [0.05, 0.1) is 23.7 Å². The Labute approximate surface area is 165 Å². The summed E-state index contributed by atoms with van der Waals surface area (Å²) >= 11 is 0. The first-order valence-electron chi connectivity index (χ1n) is 9.42. The van der Waals surface area contributed by atoms with Gasteiger partial charge >= 0.3 is 5.97 Å². The average molecular weight is 403 g/mol. The molecule has 0 amide bonds. The van der Waals surface area contributed by atoms with Gasteiger partial charge in [-0.1, -0.05) is 12.1 Å². The highest BCUT2D eigenvalue weighted by molar-refractivity contribution is 5.95. The number of oxime groups is 1. The van der Waals surface area contributed by atoms with Crippen molar-refractivity contribution in [3.63, 3.8) is 0 Å². The lowest BCUT2D eigenvalue weighted by Crippen LogP contribution is -2.39. The van der Waals surface area contributed by atoms with E-state index in [1.807, 2.05) is 6.92 Å². The summed E-state index contributed by atoms with van der Waals surface area (Å²) in [5, 5.41) is 13.3. The van der Waals surface area contributed by atoms with Crippen molar-refractivity contribution >= 4 is 28.5 Å². The molecule has 4 rings (SSSR count). The highest BCUT2D eigenvalue weighted by Gasteiger charge is 2.38. The minimum Gasteiger partial charge on any atom is -0.477 e. The maximum atomic E-state index is 15.1. The summed E-state index contributed by atoms with van der Waals surface area (Å²) < 4.78 is 16.7. The number of nitrogens with zero attached hydrogens (tertiary/aromatic N) is 4. The molecule has 0 radical (unpaired) electrons. The van der Waals surface area contributed by atoms with Crippen LogP contribution in [0.25, 0.3) is 11.0 Å². The quantitative estimate of drug-likeness (QED) is 0.723. The van der Waals surface area contributed by atoms with Gasteiger partial charge in [0.25, 0.3) is 0 Å². The largest absolute Gasteiger partial charge is 0.477 e. The van der Waals surface area contributed by atoms with Crippen LogP contribution >= 0.6 is 0 Å². The predicted octanol–water partition coefficient (Wildman–Crippen LogP) is 1.35. The number of fused-ring (bicyclic) bond motifs is 1. The monoisotopic (exact) mass is 403 g/mol. The number of rotatable bonds is 5. The van der Waals surface area contributed by atoms with E-state index in [2.05, 4.69) is 10.1 Å². The van der Waals surface area contributed by atoms with Crippen LogP contribution in [0.15, 0.2) is 22.2 Å². The second-order valence-corrected chi connectivity index (χ2v) is 7.47. The molecule has 1 aliphatic carbocycles. The minimum absolute atomic E-state index is 0.0413. The number of halogens is 1. The number of carboxylic acid groups (broad SMARTS) is 1. The van der Waals surface area contributed by atoms with Crippen LogP contribution in [0.2, 0.25) is 0 Å². The van der Waals surface area contributed by atoms with Gasteiger partial charge in [-0.3, -0.25) is 4.79 Å². The molecule has 10 heteroatoms. The van der Waals surface area contributed by atoms with Gasteiger partial charge in [-0.25, -0.2) is 14.2 Å². The van der Waals surface area contributed by atoms with E-state index in [9.17, 15) is 14.7 Å². The first kappa shape index (κ1) is 19.3. The summed E-state index contributed by atoms with van der Waals surface area (Å²) in [7, 11) is 1.45. The molecule has 0 bridgehead atoms. The van der Waals surface area contributed by atoms with Crippen molar-refractivity contribution < 1.29 is 19.1 Å². The van der Waals surface area contributed by atoms with Crippen LogP contribution in [0.4, 0.5) is 10.2 Å². The zero-order valence-corrected chi connectivity index (χ0v) is 16.1. The number of carboxylic acids is 1. The van der Waals surface area contributed by atoms with Crippen molar-refractivity contribution in [1.82, 2.24) is 9.55 Å². The standard InChI is InChI=1S/C19H22FN5O4/c1-9-14(23-29-2)8-25(15(9)6-21)18-13(20)5-11-16(26)12(19(27)28)7-24(10-3-4-10)17(11)22-18/h5,7,9-10,15H,3-4,6,8,21H2,1-2H3,(H,27,28). The van der Waals surface area contributed by atoms with E-state index in [-0.39, 0.29) is 47.0 Å². The fourth-order valence-corrected chi connectivity index (χ4v) is 3.94. The number of aromatic carboxylic acids is 1. The van der Waals surface area contributed by atoms with E-state index in [4.69, 9.17) is 10.6 Å². The van der Waals surface area contributed by atoms with Crippen molar-refractivity contribution in [2.45, 2.75) is 31.8 Å². The van der Waals surface area contributed by atoms with Crippen molar-refractivity contribution in [2.24, 2.45) is 16.8 Å². The molecule has 2 atom stereocenters. The summed E-state index contributed by atoms with van der Waals surface area (Å²) in [5.41, 5.74) is 5.81. The molecule has 2 aromatic heterocycles. The zero-order valence-electron chi connectivity index (χ0n) is 16.1. The minimum atomic E-state index is -1.34. The molecule has 0 spiro atoms.